The summed E-state index contributed by atoms with van der Waals surface area (Å²) in [6, 6.07) is 4.22. The second kappa shape index (κ2) is 13.1. The lowest BCUT2D eigenvalue weighted by molar-refractivity contribution is -0.218. The zero-order valence-corrected chi connectivity index (χ0v) is 29.0. The molecule has 2 amide bonds. The maximum absolute atomic E-state index is 13.5. The average molecular weight is 735 g/mol. The van der Waals surface area contributed by atoms with Gasteiger partial charge in [-0.05, 0) is 95.1 Å². The van der Waals surface area contributed by atoms with E-state index in [1.165, 1.54) is 26.2 Å². The summed E-state index contributed by atoms with van der Waals surface area (Å²) in [6.45, 7) is 5.87. The first kappa shape index (κ1) is 35.5. The Labute approximate surface area is 291 Å². The molecule has 2 unspecified atom stereocenters. The van der Waals surface area contributed by atoms with E-state index in [0.29, 0.717) is 40.5 Å². The first-order valence-corrected chi connectivity index (χ1v) is 18.1. The van der Waals surface area contributed by atoms with Gasteiger partial charge >= 0.3 is 16.4 Å². The normalized spacial score (nSPS) is 26.9. The highest BCUT2D eigenvalue weighted by Gasteiger charge is 2.58. The lowest BCUT2D eigenvalue weighted by Crippen LogP contribution is -2.76. The van der Waals surface area contributed by atoms with Crippen LogP contribution in [0.2, 0.25) is 0 Å². The van der Waals surface area contributed by atoms with Crippen molar-refractivity contribution in [3.8, 4) is 5.75 Å². The Kier molecular flexibility index (Phi) is 9.27. The predicted molar refractivity (Wildman–Crippen MR) is 178 cm³/mol. The standard InChI is InChI=1S/C30H38N8O10S2/c1-29(2)23(26(40)38(29)48-50(43,44)45)36-25(39)22(18-13-49-28(32)34-18)37-47-30(3,27(41)42)20-9-7-14-10-15(6-8-19(14)46-20)24(31)35-21-16-4-5-17(21)12-33-11-16/h6,8,10,13,16-17,20-21,23,33H,4-5,7,9,11-12H2,1-3H3,(H2,31,35)(H2,32,34)(H,36,39)(H,41,42)(H,43,44,45)/b37-22-/t16?,17?,20-,21?,23-,30+/m1/s1. The first-order chi connectivity index (χ1) is 23.5. The maximum Gasteiger partial charge on any atom is 0.418 e. The van der Waals surface area contributed by atoms with E-state index in [9.17, 15) is 27.9 Å². The Balaban J connectivity index is 1.18. The average Bonchev–Trinajstić information content (AvgIpc) is 3.57. The summed E-state index contributed by atoms with van der Waals surface area (Å²) in [5, 5.41) is 34.1. The minimum atomic E-state index is -5.03. The van der Waals surface area contributed by atoms with E-state index in [1.54, 1.807) is 12.1 Å². The third-order valence-electron chi connectivity index (χ3n) is 9.81. The highest BCUT2D eigenvalue weighted by molar-refractivity contribution is 7.80. The molecule has 18 nitrogen and oxygen atoms in total. The van der Waals surface area contributed by atoms with Crippen LogP contribution in [0.25, 0.3) is 0 Å². The van der Waals surface area contributed by atoms with Gasteiger partial charge in [0, 0.05) is 17.0 Å². The molecule has 8 N–H and O–H groups in total. The van der Waals surface area contributed by atoms with E-state index in [2.05, 4.69) is 30.4 Å². The van der Waals surface area contributed by atoms with E-state index in [-0.39, 0.29) is 23.3 Å². The van der Waals surface area contributed by atoms with Crippen LogP contribution in [0.15, 0.2) is 28.7 Å². The minimum absolute atomic E-state index is 0.0623. The number of oxime groups is 1. The number of hydrogen-bond acceptors (Lipinski definition) is 14. The Morgan fingerprint density at radius 2 is 1.94 bits per heavy atom. The largest absolute Gasteiger partial charge is 0.485 e. The maximum atomic E-state index is 13.5. The number of carbonyl (C=O) groups excluding carboxylic acids is 2. The third kappa shape index (κ3) is 6.72. The Hall–Kier alpha value is -4.37. The topological polar surface area (TPSA) is 268 Å². The fourth-order valence-corrected chi connectivity index (χ4v) is 7.90. The molecule has 2 aromatic rings. The molecule has 270 valence electrons. The number of aromatic nitrogens is 1. The van der Waals surface area contributed by atoms with Gasteiger partial charge in [-0.15, -0.1) is 15.6 Å². The van der Waals surface area contributed by atoms with Gasteiger partial charge in [0.1, 0.15) is 23.3 Å². The number of carboxylic acid groups (broad SMARTS) is 1. The lowest BCUT2D eigenvalue weighted by atomic mass is 9.84. The molecule has 1 aromatic carbocycles. The number of carbonyl (C=O) groups is 3. The molecule has 1 aliphatic carbocycles. The summed E-state index contributed by atoms with van der Waals surface area (Å²) in [5.41, 5.74) is 3.12. The van der Waals surface area contributed by atoms with Gasteiger partial charge in [0.15, 0.2) is 16.9 Å². The Morgan fingerprint density at radius 1 is 1.24 bits per heavy atom. The number of thiazole rings is 1. The molecule has 4 aliphatic rings. The van der Waals surface area contributed by atoms with Gasteiger partial charge in [0.05, 0.1) is 5.54 Å². The van der Waals surface area contributed by atoms with Gasteiger partial charge in [0.2, 0.25) is 0 Å². The number of anilines is 1. The van der Waals surface area contributed by atoms with Crippen molar-refractivity contribution in [3.63, 3.8) is 0 Å². The van der Waals surface area contributed by atoms with E-state index >= 15 is 0 Å². The fourth-order valence-electron chi connectivity index (χ4n) is 6.90. The number of rotatable bonds is 11. The number of nitrogens with zero attached hydrogens (tertiary/aromatic N) is 3. The molecule has 4 heterocycles. The molecule has 2 bridgehead atoms. The van der Waals surface area contributed by atoms with Crippen LogP contribution in [0, 0.1) is 17.2 Å². The summed E-state index contributed by atoms with van der Waals surface area (Å²) in [5.74, 6) is -1.72. The summed E-state index contributed by atoms with van der Waals surface area (Å²) >= 11 is 0.969. The molecule has 50 heavy (non-hydrogen) atoms. The summed E-state index contributed by atoms with van der Waals surface area (Å²) in [4.78, 5) is 48.4. The quantitative estimate of drug-likeness (QED) is 0.0543. The Bertz CT molecular complexity index is 1850. The number of fused-ring (bicyclic) bond motifs is 3. The van der Waals surface area contributed by atoms with E-state index < -0.39 is 57.2 Å². The van der Waals surface area contributed by atoms with Gasteiger partial charge in [-0.1, -0.05) is 5.16 Å². The van der Waals surface area contributed by atoms with Crippen LogP contribution < -0.4 is 26.4 Å². The van der Waals surface area contributed by atoms with Gasteiger partial charge in [-0.3, -0.25) is 19.6 Å². The van der Waals surface area contributed by atoms with Crippen molar-refractivity contribution >= 4 is 56.2 Å². The number of aliphatic carboxylic acids is 1. The first-order valence-electron chi connectivity index (χ1n) is 15.9. The lowest BCUT2D eigenvalue weighted by Gasteiger charge is -2.50. The van der Waals surface area contributed by atoms with E-state index in [0.717, 1.165) is 42.8 Å². The molecule has 2 saturated heterocycles. The number of hydrogen-bond donors (Lipinski definition) is 7. The van der Waals surface area contributed by atoms with Gasteiger partial charge < -0.3 is 36.4 Å². The number of hydroxylamine groups is 2. The fraction of sp³-hybridized carbons (Fsp3) is 0.533. The number of amidine groups is 1. The molecule has 0 radical (unpaired) electrons. The van der Waals surface area contributed by atoms with Crippen LogP contribution in [-0.4, -0.2) is 99.9 Å². The van der Waals surface area contributed by atoms with Crippen LogP contribution >= 0.6 is 11.3 Å². The molecule has 5 atom stereocenters. The molecular formula is C30H38N8O10S2. The van der Waals surface area contributed by atoms with Crippen LogP contribution in [0.3, 0.4) is 0 Å². The number of ether oxygens (including phenoxy) is 1. The molecule has 20 heteroatoms. The number of nitrogens with one attached hydrogen (secondary N) is 4. The molecule has 0 spiro atoms. The zero-order valence-electron chi connectivity index (χ0n) is 27.3. The smallest absolute Gasteiger partial charge is 0.418 e. The number of β-lactam (4-membered cyclic amide) rings is 1. The SMILES string of the molecule is CC1(C)[C@H](NC(=O)/C(=N\O[C@](C)(C(=O)O)[C@H]2CCc3cc(C(=N)NC4C5CCC4CNC5)ccc3O2)c2csc(N)n2)C(=O)N1OS(=O)(=O)O. The minimum Gasteiger partial charge on any atom is -0.485 e. The van der Waals surface area contributed by atoms with E-state index in [1.807, 2.05) is 6.07 Å². The highest BCUT2D eigenvalue weighted by Crippen LogP contribution is 2.37. The van der Waals surface area contributed by atoms with Crippen molar-refractivity contribution in [1.29, 1.82) is 5.41 Å². The van der Waals surface area contributed by atoms with Crippen LogP contribution in [0.4, 0.5) is 5.13 Å². The number of carboxylic acids is 1. The van der Waals surface area contributed by atoms with Crippen molar-refractivity contribution < 1.29 is 46.3 Å². The number of nitrogen functional groups attached to an aromatic ring is 1. The van der Waals surface area contributed by atoms with Crippen molar-refractivity contribution in [1.82, 2.24) is 26.0 Å². The predicted octanol–water partition coefficient (Wildman–Crippen LogP) is 0.436. The van der Waals surface area contributed by atoms with Gasteiger partial charge in [-0.25, -0.2) is 9.78 Å². The summed E-state index contributed by atoms with van der Waals surface area (Å²) in [6.07, 6.45) is 1.81. The van der Waals surface area contributed by atoms with Crippen molar-refractivity contribution in [2.24, 2.45) is 17.0 Å². The van der Waals surface area contributed by atoms with Crippen molar-refractivity contribution in [3.05, 3.63) is 40.4 Å². The molecule has 6 rings (SSSR count). The number of piperidine rings is 1. The van der Waals surface area contributed by atoms with Crippen molar-refractivity contribution in [2.45, 2.75) is 75.8 Å². The van der Waals surface area contributed by atoms with Crippen LogP contribution in [-0.2, 0) is 40.3 Å². The van der Waals surface area contributed by atoms with Crippen LogP contribution in [0.5, 0.6) is 5.75 Å². The second-order valence-corrected chi connectivity index (χ2v) is 15.4. The van der Waals surface area contributed by atoms with E-state index in [4.69, 9.17) is 25.3 Å². The molecule has 3 fully saturated rings. The number of amides is 2. The second-order valence-electron chi connectivity index (χ2n) is 13.5. The van der Waals surface area contributed by atoms with Gasteiger partial charge in [0.25, 0.3) is 17.4 Å². The van der Waals surface area contributed by atoms with Gasteiger partial charge in [-0.2, -0.15) is 13.5 Å². The molecular weight excluding hydrogens is 697 g/mol. The zero-order chi connectivity index (χ0) is 36.2. The van der Waals surface area contributed by atoms with Crippen LogP contribution in [0.1, 0.15) is 56.9 Å². The number of benzene rings is 1. The summed E-state index contributed by atoms with van der Waals surface area (Å²) < 4.78 is 41.8. The van der Waals surface area contributed by atoms with Crippen molar-refractivity contribution in [2.75, 3.05) is 18.8 Å². The third-order valence-corrected chi connectivity index (χ3v) is 10.8. The highest BCUT2D eigenvalue weighted by atomic mass is 32.3. The summed E-state index contributed by atoms with van der Waals surface area (Å²) in [7, 11) is -5.03. The number of nitrogens with two attached hydrogens (primary N) is 1. The molecule has 3 aliphatic heterocycles. The molecule has 1 aromatic heterocycles. The monoisotopic (exact) mass is 734 g/mol. The number of aryl methyl sites for hydroxylation is 1. The Morgan fingerprint density at radius 3 is 2.54 bits per heavy atom. The molecule has 1 saturated carbocycles.